The van der Waals surface area contributed by atoms with E-state index in [1.54, 1.807) is 30.0 Å². The molecule has 0 aromatic heterocycles. The van der Waals surface area contributed by atoms with Gasteiger partial charge in [0.1, 0.15) is 0 Å². The first kappa shape index (κ1) is 20.3. The van der Waals surface area contributed by atoms with Crippen LogP contribution in [0, 0.1) is 5.82 Å². The van der Waals surface area contributed by atoms with E-state index in [9.17, 15) is 17.6 Å². The van der Waals surface area contributed by atoms with Crippen molar-refractivity contribution >= 4 is 21.6 Å². The highest BCUT2D eigenvalue weighted by Crippen LogP contribution is 2.26. The van der Waals surface area contributed by atoms with Gasteiger partial charge in [-0.3, -0.25) is 4.79 Å². The Balaban J connectivity index is 1.81. The number of anilines is 1. The molecular weight excluding hydrogens is 383 g/mol. The van der Waals surface area contributed by atoms with E-state index in [2.05, 4.69) is 0 Å². The van der Waals surface area contributed by atoms with Crippen LogP contribution in [-0.4, -0.2) is 38.8 Å². The minimum Gasteiger partial charge on any atom is -0.494 e. The molecule has 0 N–H and O–H groups in total. The molecule has 2 aromatic rings. The first-order valence-corrected chi connectivity index (χ1v) is 10.5. The van der Waals surface area contributed by atoms with Gasteiger partial charge in [0.2, 0.25) is 15.9 Å². The summed E-state index contributed by atoms with van der Waals surface area (Å²) < 4.78 is 46.1. The van der Waals surface area contributed by atoms with Crippen LogP contribution in [0.3, 0.4) is 0 Å². The summed E-state index contributed by atoms with van der Waals surface area (Å²) in [7, 11) is -2.38. The first-order chi connectivity index (χ1) is 13.4. The number of hydrogen-bond donors (Lipinski definition) is 0. The van der Waals surface area contributed by atoms with E-state index in [4.69, 9.17) is 4.74 Å². The van der Waals surface area contributed by atoms with Gasteiger partial charge in [-0.05, 0) is 48.4 Å². The van der Waals surface area contributed by atoms with Crippen molar-refractivity contribution in [1.82, 2.24) is 4.31 Å². The molecule has 0 unspecified atom stereocenters. The zero-order valence-corrected chi connectivity index (χ0v) is 16.7. The number of benzene rings is 2. The number of sulfonamides is 1. The van der Waals surface area contributed by atoms with Gasteiger partial charge in [0.05, 0.1) is 12.0 Å². The van der Waals surface area contributed by atoms with E-state index in [0.29, 0.717) is 24.2 Å². The second-order valence-corrected chi connectivity index (χ2v) is 8.48. The highest BCUT2D eigenvalue weighted by atomic mass is 32.2. The standard InChI is InChI=1S/C20H23FN2O4S/c1-3-22(14-15-6-11-19(27-2)18(21)13-15)28(25,26)17-9-7-16(8-10-17)23-12-4-5-20(23)24/h6-11,13H,3-5,12,14H2,1-2H3. The van der Waals surface area contributed by atoms with Gasteiger partial charge < -0.3 is 9.64 Å². The summed E-state index contributed by atoms with van der Waals surface area (Å²) in [6.07, 6.45) is 1.32. The molecular formula is C20H23FN2O4S. The molecule has 28 heavy (non-hydrogen) atoms. The number of halogens is 1. The Labute approximate surface area is 164 Å². The number of carbonyl (C=O) groups is 1. The van der Waals surface area contributed by atoms with Crippen LogP contribution in [0.1, 0.15) is 25.3 Å². The maximum absolute atomic E-state index is 13.9. The third kappa shape index (κ3) is 4.02. The minimum absolute atomic E-state index is 0.0477. The van der Waals surface area contributed by atoms with E-state index in [1.165, 1.54) is 35.7 Å². The zero-order chi connectivity index (χ0) is 20.3. The molecule has 1 fully saturated rings. The van der Waals surface area contributed by atoms with Gasteiger partial charge in [0.15, 0.2) is 11.6 Å². The molecule has 3 rings (SSSR count). The van der Waals surface area contributed by atoms with Crippen LogP contribution in [-0.2, 0) is 21.4 Å². The van der Waals surface area contributed by atoms with E-state index in [1.807, 2.05) is 0 Å². The summed E-state index contributed by atoms with van der Waals surface area (Å²) in [6, 6.07) is 10.7. The number of rotatable bonds is 7. The zero-order valence-electron chi connectivity index (χ0n) is 15.9. The molecule has 1 heterocycles. The Morgan fingerprint density at radius 1 is 1.18 bits per heavy atom. The number of carbonyl (C=O) groups excluding carboxylic acids is 1. The molecule has 150 valence electrons. The van der Waals surface area contributed by atoms with Gasteiger partial charge in [-0.25, -0.2) is 12.8 Å². The molecule has 1 amide bonds. The second kappa shape index (κ2) is 8.28. The van der Waals surface area contributed by atoms with E-state index in [0.717, 1.165) is 6.42 Å². The third-order valence-corrected chi connectivity index (χ3v) is 6.72. The van der Waals surface area contributed by atoms with Crippen molar-refractivity contribution in [3.8, 4) is 5.75 Å². The largest absolute Gasteiger partial charge is 0.494 e. The van der Waals surface area contributed by atoms with Crippen molar-refractivity contribution in [1.29, 1.82) is 0 Å². The SMILES string of the molecule is CCN(Cc1ccc(OC)c(F)c1)S(=O)(=O)c1ccc(N2CCCC2=O)cc1. The van der Waals surface area contributed by atoms with Crippen LogP contribution in [0.15, 0.2) is 47.4 Å². The van der Waals surface area contributed by atoms with Crippen molar-refractivity contribution in [2.45, 2.75) is 31.2 Å². The fraction of sp³-hybridized carbons (Fsp3) is 0.350. The summed E-state index contributed by atoms with van der Waals surface area (Å²) in [5.41, 5.74) is 1.23. The molecule has 0 atom stereocenters. The quantitative estimate of drug-likeness (QED) is 0.708. The molecule has 1 saturated heterocycles. The van der Waals surface area contributed by atoms with Gasteiger partial charge >= 0.3 is 0 Å². The Kier molecular flexibility index (Phi) is 6.00. The topological polar surface area (TPSA) is 66.9 Å². The van der Waals surface area contributed by atoms with Crippen molar-refractivity contribution in [2.24, 2.45) is 0 Å². The molecule has 1 aliphatic heterocycles. The summed E-state index contributed by atoms with van der Waals surface area (Å²) in [5.74, 6) is -0.373. The maximum atomic E-state index is 13.9. The lowest BCUT2D eigenvalue weighted by Crippen LogP contribution is -2.30. The molecule has 0 bridgehead atoms. The summed E-state index contributed by atoms with van der Waals surface area (Å²) in [5, 5.41) is 0. The van der Waals surface area contributed by atoms with Gasteiger partial charge in [-0.1, -0.05) is 13.0 Å². The number of methoxy groups -OCH3 is 1. The number of nitrogens with zero attached hydrogens (tertiary/aromatic N) is 2. The average Bonchev–Trinajstić information content (AvgIpc) is 3.12. The van der Waals surface area contributed by atoms with Crippen molar-refractivity contribution in [3.05, 3.63) is 53.8 Å². The minimum atomic E-state index is -3.76. The average molecular weight is 406 g/mol. The summed E-state index contributed by atoms with van der Waals surface area (Å²) in [6.45, 7) is 2.66. The Morgan fingerprint density at radius 2 is 1.89 bits per heavy atom. The van der Waals surface area contributed by atoms with Gasteiger partial charge in [-0.15, -0.1) is 0 Å². The molecule has 0 radical (unpaired) electrons. The Morgan fingerprint density at radius 3 is 2.43 bits per heavy atom. The lowest BCUT2D eigenvalue weighted by atomic mass is 10.2. The number of amides is 1. The fourth-order valence-electron chi connectivity index (χ4n) is 3.25. The normalized spacial score (nSPS) is 14.7. The van der Waals surface area contributed by atoms with Crippen molar-refractivity contribution in [2.75, 3.05) is 25.1 Å². The molecule has 8 heteroatoms. The van der Waals surface area contributed by atoms with Crippen LogP contribution in [0.2, 0.25) is 0 Å². The molecule has 0 spiro atoms. The lowest BCUT2D eigenvalue weighted by Gasteiger charge is -2.22. The molecule has 1 aliphatic rings. The van der Waals surface area contributed by atoms with E-state index < -0.39 is 15.8 Å². The van der Waals surface area contributed by atoms with E-state index >= 15 is 0 Å². The predicted molar refractivity (Wildman–Crippen MR) is 104 cm³/mol. The summed E-state index contributed by atoms with van der Waals surface area (Å²) >= 11 is 0. The second-order valence-electron chi connectivity index (χ2n) is 6.54. The van der Waals surface area contributed by atoms with E-state index in [-0.39, 0.29) is 29.6 Å². The third-order valence-electron chi connectivity index (χ3n) is 4.79. The van der Waals surface area contributed by atoms with Crippen LogP contribution >= 0.6 is 0 Å². The van der Waals surface area contributed by atoms with Crippen LogP contribution < -0.4 is 9.64 Å². The van der Waals surface area contributed by atoms with Gasteiger partial charge in [0, 0.05) is 31.7 Å². The smallest absolute Gasteiger partial charge is 0.243 e. The molecule has 6 nitrogen and oxygen atoms in total. The van der Waals surface area contributed by atoms with Gasteiger partial charge in [0.25, 0.3) is 0 Å². The highest BCUT2D eigenvalue weighted by molar-refractivity contribution is 7.89. The van der Waals surface area contributed by atoms with Crippen LogP contribution in [0.25, 0.3) is 0 Å². The van der Waals surface area contributed by atoms with Gasteiger partial charge in [-0.2, -0.15) is 4.31 Å². The Bertz CT molecular complexity index is 961. The molecule has 0 aliphatic carbocycles. The molecule has 0 saturated carbocycles. The maximum Gasteiger partial charge on any atom is 0.243 e. The van der Waals surface area contributed by atoms with Crippen LogP contribution in [0.4, 0.5) is 10.1 Å². The van der Waals surface area contributed by atoms with Crippen molar-refractivity contribution < 1.29 is 22.3 Å². The lowest BCUT2D eigenvalue weighted by molar-refractivity contribution is -0.117. The first-order valence-electron chi connectivity index (χ1n) is 9.10. The summed E-state index contributed by atoms with van der Waals surface area (Å²) in [4.78, 5) is 13.6. The number of hydrogen-bond acceptors (Lipinski definition) is 4. The monoisotopic (exact) mass is 406 g/mol. The van der Waals surface area contributed by atoms with Crippen LogP contribution in [0.5, 0.6) is 5.75 Å². The predicted octanol–water partition coefficient (Wildman–Crippen LogP) is 3.17. The van der Waals surface area contributed by atoms with Crippen molar-refractivity contribution in [3.63, 3.8) is 0 Å². The molecule has 2 aromatic carbocycles. The Hall–Kier alpha value is -2.45. The number of ether oxygens (including phenoxy) is 1. The highest BCUT2D eigenvalue weighted by Gasteiger charge is 2.25. The fourth-order valence-corrected chi connectivity index (χ4v) is 4.68.